The molecule has 1 fully saturated rings. The molecule has 1 aliphatic heterocycles. The third kappa shape index (κ3) is 4.75. The van der Waals surface area contributed by atoms with Gasteiger partial charge in [-0.15, -0.1) is 0 Å². The van der Waals surface area contributed by atoms with Crippen LogP contribution >= 0.6 is 0 Å². The van der Waals surface area contributed by atoms with Gasteiger partial charge in [-0.1, -0.05) is 18.2 Å². The molecule has 5 rings (SSSR count). The van der Waals surface area contributed by atoms with Crippen LogP contribution in [0, 0.1) is 13.8 Å². The molecule has 0 unspecified atom stereocenters. The van der Waals surface area contributed by atoms with Gasteiger partial charge in [0.25, 0.3) is 0 Å². The van der Waals surface area contributed by atoms with Gasteiger partial charge in [0.2, 0.25) is 0 Å². The minimum Gasteiger partial charge on any atom is -0.489 e. The summed E-state index contributed by atoms with van der Waals surface area (Å²) in [6.07, 6.45) is 6.03. The molecule has 0 amide bonds. The Bertz CT molecular complexity index is 1360. The summed E-state index contributed by atoms with van der Waals surface area (Å²) in [7, 11) is 0. The van der Waals surface area contributed by atoms with Crippen molar-refractivity contribution in [3.8, 4) is 11.4 Å². The number of benzene rings is 2. The van der Waals surface area contributed by atoms with Crippen molar-refractivity contribution in [2.24, 2.45) is 0 Å². The van der Waals surface area contributed by atoms with Gasteiger partial charge in [0.05, 0.1) is 11.2 Å². The van der Waals surface area contributed by atoms with Crippen LogP contribution < -0.4 is 10.1 Å². The number of carbonyl (C=O) groups excluding carboxylic acids is 1. The maximum Gasteiger partial charge on any atom is 0.419 e. The zero-order valence-electron chi connectivity index (χ0n) is 21.6. The smallest absolute Gasteiger partial charge is 0.419 e. The first kappa shape index (κ1) is 24.1. The van der Waals surface area contributed by atoms with E-state index in [1.807, 2.05) is 50.7 Å². The number of nitrogens with zero attached hydrogens (tertiary/aromatic N) is 3. The van der Waals surface area contributed by atoms with Gasteiger partial charge in [-0.05, 0) is 88.5 Å². The second-order valence-electron chi connectivity index (χ2n) is 10.6. The summed E-state index contributed by atoms with van der Waals surface area (Å²) in [6.45, 7) is 11.5. The highest BCUT2D eigenvalue weighted by Crippen LogP contribution is 2.37. The average Bonchev–Trinajstić information content (AvgIpc) is 3.52. The fourth-order valence-electron chi connectivity index (χ4n) is 5.06. The van der Waals surface area contributed by atoms with E-state index in [2.05, 4.69) is 47.7 Å². The molecule has 3 heterocycles. The fraction of sp³-hybridized carbons (Fsp3) is 0.379. The van der Waals surface area contributed by atoms with Crippen molar-refractivity contribution in [3.05, 3.63) is 77.7 Å². The molecular weight excluding hydrogens is 452 g/mol. The monoisotopic (exact) mass is 486 g/mol. The fourth-order valence-corrected chi connectivity index (χ4v) is 5.06. The minimum absolute atomic E-state index is 0.0105. The van der Waals surface area contributed by atoms with Gasteiger partial charge in [-0.2, -0.15) is 5.10 Å². The first-order chi connectivity index (χ1) is 17.2. The topological polar surface area (TPSA) is 70.3 Å². The van der Waals surface area contributed by atoms with E-state index in [0.29, 0.717) is 0 Å². The van der Waals surface area contributed by atoms with Crippen molar-refractivity contribution in [1.29, 1.82) is 0 Å². The summed E-state index contributed by atoms with van der Waals surface area (Å²) in [5, 5.41) is 8.79. The van der Waals surface area contributed by atoms with E-state index in [4.69, 9.17) is 9.47 Å². The van der Waals surface area contributed by atoms with Crippen LogP contribution in [0.4, 0.5) is 4.79 Å². The molecule has 1 saturated heterocycles. The van der Waals surface area contributed by atoms with Crippen molar-refractivity contribution in [2.45, 2.75) is 58.7 Å². The van der Waals surface area contributed by atoms with Crippen molar-refractivity contribution < 1.29 is 14.3 Å². The number of carbonyl (C=O) groups is 1. The van der Waals surface area contributed by atoms with Crippen molar-refractivity contribution >= 4 is 17.0 Å². The molecule has 7 heteroatoms. The summed E-state index contributed by atoms with van der Waals surface area (Å²) in [5.41, 5.74) is 4.61. The molecule has 2 aromatic heterocycles. The summed E-state index contributed by atoms with van der Waals surface area (Å²) < 4.78 is 15.9. The molecule has 0 radical (unpaired) electrons. The maximum absolute atomic E-state index is 12.9. The van der Waals surface area contributed by atoms with Gasteiger partial charge in [-0.3, -0.25) is 4.57 Å². The van der Waals surface area contributed by atoms with Crippen LogP contribution in [-0.2, 0) is 4.74 Å². The standard InChI is InChI=1S/C29H34N4O3/c1-19-17-20(2)27(23-12-16-32(26(19)23)28(34)36-29(3,4)5)35-25-11-14-30-18-24(25)21-7-9-22(10-8-21)33-15-6-13-31-33/h6-10,12-13,15-17,24-25,30H,11,14,18H2,1-5H3/t24-,25+/m0/s1. The molecule has 1 N–H and O–H groups in total. The first-order valence-electron chi connectivity index (χ1n) is 12.5. The molecule has 0 spiro atoms. The Labute approximate surface area is 212 Å². The molecule has 1 aliphatic rings. The van der Waals surface area contributed by atoms with E-state index in [-0.39, 0.29) is 18.1 Å². The lowest BCUT2D eigenvalue weighted by Gasteiger charge is -2.33. The normalized spacial score (nSPS) is 18.4. The lowest BCUT2D eigenvalue weighted by molar-refractivity contribution is 0.0544. The van der Waals surface area contributed by atoms with Crippen LogP contribution in [0.25, 0.3) is 16.6 Å². The highest BCUT2D eigenvalue weighted by Gasteiger charge is 2.30. The molecule has 0 saturated carbocycles. The summed E-state index contributed by atoms with van der Waals surface area (Å²) >= 11 is 0. The Morgan fingerprint density at radius 1 is 1.08 bits per heavy atom. The number of ether oxygens (including phenoxy) is 2. The molecule has 2 aromatic carbocycles. The summed E-state index contributed by atoms with van der Waals surface area (Å²) in [4.78, 5) is 12.9. The Morgan fingerprint density at radius 3 is 2.56 bits per heavy atom. The Morgan fingerprint density at radius 2 is 1.86 bits per heavy atom. The zero-order valence-corrected chi connectivity index (χ0v) is 21.6. The first-order valence-corrected chi connectivity index (χ1v) is 12.5. The third-order valence-corrected chi connectivity index (χ3v) is 6.66. The summed E-state index contributed by atoms with van der Waals surface area (Å²) in [6, 6.07) is 14.5. The van der Waals surface area contributed by atoms with E-state index in [0.717, 1.165) is 53.0 Å². The van der Waals surface area contributed by atoms with Gasteiger partial charge in [-0.25, -0.2) is 9.48 Å². The molecular formula is C29H34N4O3. The van der Waals surface area contributed by atoms with E-state index >= 15 is 0 Å². The second kappa shape index (κ2) is 9.47. The van der Waals surface area contributed by atoms with E-state index in [9.17, 15) is 4.79 Å². The largest absolute Gasteiger partial charge is 0.489 e. The van der Waals surface area contributed by atoms with Gasteiger partial charge in [0.1, 0.15) is 17.5 Å². The number of piperidine rings is 1. The molecule has 0 aliphatic carbocycles. The van der Waals surface area contributed by atoms with Gasteiger partial charge >= 0.3 is 6.09 Å². The molecule has 36 heavy (non-hydrogen) atoms. The molecule has 0 bridgehead atoms. The van der Waals surface area contributed by atoms with Crippen LogP contribution in [0.2, 0.25) is 0 Å². The van der Waals surface area contributed by atoms with Crippen LogP contribution in [-0.4, -0.2) is 45.2 Å². The van der Waals surface area contributed by atoms with Crippen molar-refractivity contribution in [2.75, 3.05) is 13.1 Å². The zero-order chi connectivity index (χ0) is 25.4. The Hall–Kier alpha value is -3.58. The van der Waals surface area contributed by atoms with E-state index in [1.165, 1.54) is 5.56 Å². The van der Waals surface area contributed by atoms with Gasteiger partial charge in [0, 0.05) is 36.4 Å². The van der Waals surface area contributed by atoms with Crippen molar-refractivity contribution in [1.82, 2.24) is 19.7 Å². The molecule has 4 aromatic rings. The maximum atomic E-state index is 12.9. The van der Waals surface area contributed by atoms with Crippen molar-refractivity contribution in [3.63, 3.8) is 0 Å². The van der Waals surface area contributed by atoms with Crippen LogP contribution in [0.1, 0.15) is 49.8 Å². The number of fused-ring (bicyclic) bond motifs is 1. The van der Waals surface area contributed by atoms with E-state index < -0.39 is 5.60 Å². The van der Waals surface area contributed by atoms with E-state index in [1.54, 1.807) is 17.0 Å². The minimum atomic E-state index is -0.569. The highest BCUT2D eigenvalue weighted by atomic mass is 16.6. The lowest BCUT2D eigenvalue weighted by Crippen LogP contribution is -2.41. The predicted molar refractivity (Wildman–Crippen MR) is 141 cm³/mol. The molecule has 2 atom stereocenters. The van der Waals surface area contributed by atoms with Gasteiger partial charge in [0.15, 0.2) is 0 Å². The Kier molecular flexibility index (Phi) is 6.35. The van der Waals surface area contributed by atoms with Crippen LogP contribution in [0.3, 0.4) is 0 Å². The van der Waals surface area contributed by atoms with Crippen LogP contribution in [0.15, 0.2) is 61.1 Å². The quantitative estimate of drug-likeness (QED) is 0.398. The highest BCUT2D eigenvalue weighted by molar-refractivity contribution is 5.96. The third-order valence-electron chi connectivity index (χ3n) is 6.66. The lowest BCUT2D eigenvalue weighted by atomic mass is 9.88. The molecule has 7 nitrogen and oxygen atoms in total. The molecule has 188 valence electrons. The predicted octanol–water partition coefficient (Wildman–Crippen LogP) is 5.75. The number of aromatic nitrogens is 3. The number of hydrogen-bond donors (Lipinski definition) is 1. The van der Waals surface area contributed by atoms with Crippen LogP contribution in [0.5, 0.6) is 5.75 Å². The average molecular weight is 487 g/mol. The SMILES string of the molecule is Cc1cc(C)c2c(ccn2C(=O)OC(C)(C)C)c1O[C@@H]1CCNC[C@H]1c1ccc(-n2cccn2)cc1. The number of rotatable bonds is 4. The number of hydrogen-bond acceptors (Lipinski definition) is 5. The number of aryl methyl sites for hydroxylation is 2. The second-order valence-corrected chi connectivity index (χ2v) is 10.6. The Balaban J connectivity index is 1.46. The van der Waals surface area contributed by atoms with Gasteiger partial charge < -0.3 is 14.8 Å². The summed E-state index contributed by atoms with van der Waals surface area (Å²) in [5.74, 6) is 1.04. The number of nitrogens with one attached hydrogen (secondary N) is 1.